The summed E-state index contributed by atoms with van der Waals surface area (Å²) < 4.78 is 28.0. The van der Waals surface area contributed by atoms with Gasteiger partial charge in [0.2, 0.25) is 10.0 Å². The molecule has 0 aromatic carbocycles. The molecule has 1 aromatic rings. The van der Waals surface area contributed by atoms with Gasteiger partial charge >= 0.3 is 0 Å². The summed E-state index contributed by atoms with van der Waals surface area (Å²) in [6.07, 6.45) is 5.28. The molecule has 2 rings (SSSR count). The Hall–Kier alpha value is -0.920. The molecule has 7 heteroatoms. The van der Waals surface area contributed by atoms with Crippen molar-refractivity contribution in [2.75, 3.05) is 26.7 Å². The second-order valence-electron chi connectivity index (χ2n) is 5.95. The third kappa shape index (κ3) is 4.28. The third-order valence-electron chi connectivity index (χ3n) is 4.03. The second-order valence-corrected chi connectivity index (χ2v) is 7.99. The Labute approximate surface area is 127 Å². The first kappa shape index (κ1) is 16.5. The van der Waals surface area contributed by atoms with E-state index >= 15 is 0 Å². The minimum absolute atomic E-state index is 0.286. The lowest BCUT2D eigenvalue weighted by Crippen LogP contribution is -2.29. The summed E-state index contributed by atoms with van der Waals surface area (Å²) in [5.41, 5.74) is 0. The maximum atomic E-state index is 12.4. The summed E-state index contributed by atoms with van der Waals surface area (Å²) in [7, 11) is -1.75. The van der Waals surface area contributed by atoms with E-state index in [0.717, 1.165) is 25.9 Å². The van der Waals surface area contributed by atoms with Gasteiger partial charge in [-0.15, -0.1) is 0 Å². The minimum atomic E-state index is -3.40. The van der Waals surface area contributed by atoms with Crippen molar-refractivity contribution in [3.8, 4) is 0 Å². The number of sulfonamides is 1. The number of hydrogen-bond donors (Lipinski definition) is 1. The fraction of sp³-hybridized carbons (Fsp3) is 0.786. The highest BCUT2D eigenvalue weighted by Gasteiger charge is 2.36. The molecule has 0 amide bonds. The van der Waals surface area contributed by atoms with Gasteiger partial charge in [-0.05, 0) is 31.2 Å². The molecule has 1 saturated carbocycles. The van der Waals surface area contributed by atoms with Crippen molar-refractivity contribution >= 4 is 10.0 Å². The van der Waals surface area contributed by atoms with Gasteiger partial charge in [-0.3, -0.25) is 4.68 Å². The molecule has 2 atom stereocenters. The number of aromatic nitrogens is 2. The molecule has 2 unspecified atom stereocenters. The highest BCUT2D eigenvalue weighted by Crippen LogP contribution is 2.38. The number of hydrogen-bond acceptors (Lipinski definition) is 4. The molecule has 1 aliphatic carbocycles. The Morgan fingerprint density at radius 3 is 2.81 bits per heavy atom. The van der Waals surface area contributed by atoms with E-state index in [1.807, 2.05) is 0 Å². The number of nitrogens with zero attached hydrogens (tertiary/aromatic N) is 3. The number of nitrogens with one attached hydrogen (secondary N) is 1. The topological polar surface area (TPSA) is 67.2 Å². The molecule has 1 aromatic heterocycles. The van der Waals surface area contributed by atoms with Crippen LogP contribution in [0.15, 0.2) is 17.3 Å². The molecule has 0 aliphatic heterocycles. The number of rotatable bonds is 9. The quantitative estimate of drug-likeness (QED) is 0.695. The van der Waals surface area contributed by atoms with Gasteiger partial charge in [-0.1, -0.05) is 13.8 Å². The maximum Gasteiger partial charge on any atom is 0.245 e. The van der Waals surface area contributed by atoms with Crippen molar-refractivity contribution in [3.63, 3.8) is 0 Å². The first-order valence-electron chi connectivity index (χ1n) is 7.64. The molecule has 21 heavy (non-hydrogen) atoms. The molecule has 0 bridgehead atoms. The van der Waals surface area contributed by atoms with Crippen LogP contribution < -0.4 is 5.32 Å². The SMILES string of the molecule is CCCNCCn1cc(S(=O)(=O)N(C)CC2CC2C)cn1. The monoisotopic (exact) mass is 314 g/mol. The van der Waals surface area contributed by atoms with Crippen LogP contribution in [0, 0.1) is 11.8 Å². The van der Waals surface area contributed by atoms with Crippen molar-refractivity contribution in [1.82, 2.24) is 19.4 Å². The van der Waals surface area contributed by atoms with Crippen LogP contribution in [0.25, 0.3) is 0 Å². The molecule has 1 N–H and O–H groups in total. The molecular weight excluding hydrogens is 288 g/mol. The summed E-state index contributed by atoms with van der Waals surface area (Å²) in [5, 5.41) is 7.42. The van der Waals surface area contributed by atoms with Crippen LogP contribution in [0.2, 0.25) is 0 Å². The fourth-order valence-electron chi connectivity index (χ4n) is 2.36. The van der Waals surface area contributed by atoms with Crippen LogP contribution in [-0.4, -0.2) is 49.2 Å². The zero-order valence-electron chi connectivity index (χ0n) is 13.1. The molecule has 1 fully saturated rings. The standard InChI is InChI=1S/C14H26N4O2S/c1-4-5-15-6-7-18-11-14(9-16-18)21(19,20)17(3)10-13-8-12(13)2/h9,11-13,15H,4-8,10H2,1-3H3. The highest BCUT2D eigenvalue weighted by atomic mass is 32.2. The predicted octanol–water partition coefficient (Wildman–Crippen LogP) is 1.16. The van der Waals surface area contributed by atoms with Crippen molar-refractivity contribution in [2.24, 2.45) is 11.8 Å². The minimum Gasteiger partial charge on any atom is -0.315 e. The zero-order valence-corrected chi connectivity index (χ0v) is 13.9. The first-order valence-corrected chi connectivity index (χ1v) is 9.08. The van der Waals surface area contributed by atoms with E-state index in [0.29, 0.717) is 24.9 Å². The lowest BCUT2D eigenvalue weighted by molar-refractivity contribution is 0.444. The Balaban J connectivity index is 1.92. The Bertz CT molecular complexity index is 555. The predicted molar refractivity (Wildman–Crippen MR) is 82.5 cm³/mol. The summed E-state index contributed by atoms with van der Waals surface area (Å²) in [4.78, 5) is 0.286. The van der Waals surface area contributed by atoms with Crippen molar-refractivity contribution in [2.45, 2.75) is 38.1 Å². The lowest BCUT2D eigenvalue weighted by atomic mass is 10.3. The maximum absolute atomic E-state index is 12.4. The van der Waals surface area contributed by atoms with E-state index in [4.69, 9.17) is 0 Å². The van der Waals surface area contributed by atoms with Crippen LogP contribution in [0.4, 0.5) is 0 Å². The van der Waals surface area contributed by atoms with Gasteiger partial charge in [0.1, 0.15) is 4.90 Å². The van der Waals surface area contributed by atoms with Crippen molar-refractivity contribution < 1.29 is 8.42 Å². The molecule has 0 radical (unpaired) electrons. The molecule has 0 saturated heterocycles. The Morgan fingerprint density at radius 2 is 2.19 bits per heavy atom. The van der Waals surface area contributed by atoms with Crippen molar-refractivity contribution in [1.29, 1.82) is 0 Å². The van der Waals surface area contributed by atoms with Gasteiger partial charge in [-0.25, -0.2) is 12.7 Å². The van der Waals surface area contributed by atoms with Crippen LogP contribution >= 0.6 is 0 Å². The van der Waals surface area contributed by atoms with Gasteiger partial charge in [0.15, 0.2) is 0 Å². The summed E-state index contributed by atoms with van der Waals surface area (Å²) in [5.74, 6) is 1.16. The average molecular weight is 314 g/mol. The van der Waals surface area contributed by atoms with E-state index in [1.165, 1.54) is 10.5 Å². The summed E-state index contributed by atoms with van der Waals surface area (Å²) >= 11 is 0. The van der Waals surface area contributed by atoms with Crippen LogP contribution in [0.5, 0.6) is 0 Å². The zero-order chi connectivity index (χ0) is 15.5. The summed E-state index contributed by atoms with van der Waals surface area (Å²) in [6.45, 7) is 7.32. The summed E-state index contributed by atoms with van der Waals surface area (Å²) in [6, 6.07) is 0. The van der Waals surface area contributed by atoms with Crippen LogP contribution in [0.3, 0.4) is 0 Å². The molecule has 1 aliphatic rings. The smallest absolute Gasteiger partial charge is 0.245 e. The molecule has 6 nitrogen and oxygen atoms in total. The highest BCUT2D eigenvalue weighted by molar-refractivity contribution is 7.89. The van der Waals surface area contributed by atoms with Crippen molar-refractivity contribution in [3.05, 3.63) is 12.4 Å². The average Bonchev–Trinajstić information content (AvgIpc) is 2.92. The molecular formula is C14H26N4O2S. The normalized spacial score (nSPS) is 21.9. The van der Waals surface area contributed by atoms with E-state index in [9.17, 15) is 8.42 Å². The van der Waals surface area contributed by atoms with Gasteiger partial charge in [0.05, 0.1) is 12.7 Å². The van der Waals surface area contributed by atoms with Gasteiger partial charge < -0.3 is 5.32 Å². The van der Waals surface area contributed by atoms with Gasteiger partial charge in [0.25, 0.3) is 0 Å². The fourth-order valence-corrected chi connectivity index (χ4v) is 3.54. The van der Waals surface area contributed by atoms with E-state index in [1.54, 1.807) is 17.9 Å². The first-order chi connectivity index (χ1) is 9.95. The van der Waals surface area contributed by atoms with Crippen LogP contribution in [-0.2, 0) is 16.6 Å². The molecule has 120 valence electrons. The Kier molecular flexibility index (Phi) is 5.40. The third-order valence-corrected chi connectivity index (χ3v) is 5.81. The van der Waals surface area contributed by atoms with Gasteiger partial charge in [-0.2, -0.15) is 5.10 Å². The Morgan fingerprint density at radius 1 is 1.48 bits per heavy atom. The molecule has 0 spiro atoms. The van der Waals surface area contributed by atoms with Crippen LogP contribution in [0.1, 0.15) is 26.7 Å². The van der Waals surface area contributed by atoms with Gasteiger partial charge in [0, 0.05) is 26.3 Å². The largest absolute Gasteiger partial charge is 0.315 e. The lowest BCUT2D eigenvalue weighted by Gasteiger charge is -2.15. The molecule has 1 heterocycles. The second kappa shape index (κ2) is 6.89. The van der Waals surface area contributed by atoms with E-state index < -0.39 is 10.0 Å². The van der Waals surface area contributed by atoms with E-state index in [-0.39, 0.29) is 4.90 Å². The van der Waals surface area contributed by atoms with E-state index in [2.05, 4.69) is 24.3 Å².